The molecule has 0 radical (unpaired) electrons. The van der Waals surface area contributed by atoms with Crippen LogP contribution in [0.2, 0.25) is 0 Å². The van der Waals surface area contributed by atoms with E-state index in [1.807, 2.05) is 6.92 Å². The molecule has 2 rings (SSSR count). The molecule has 0 aromatic heterocycles. The van der Waals surface area contributed by atoms with Crippen molar-refractivity contribution in [1.29, 1.82) is 0 Å². The summed E-state index contributed by atoms with van der Waals surface area (Å²) >= 11 is 0. The minimum atomic E-state index is -0.228. The van der Waals surface area contributed by atoms with Gasteiger partial charge in [-0.3, -0.25) is 4.90 Å². The van der Waals surface area contributed by atoms with Crippen LogP contribution in [0.4, 0.5) is 4.39 Å². The van der Waals surface area contributed by atoms with E-state index < -0.39 is 0 Å². The first-order valence-corrected chi connectivity index (χ1v) is 8.61. The molecule has 5 heteroatoms. The number of hydrogen-bond acceptors (Lipinski definition) is 4. The first-order valence-electron chi connectivity index (χ1n) is 8.61. The van der Waals surface area contributed by atoms with Gasteiger partial charge < -0.3 is 14.4 Å². The molecule has 1 aromatic rings. The van der Waals surface area contributed by atoms with Crippen LogP contribution in [0, 0.1) is 5.82 Å². The molecule has 1 aromatic carbocycles. The van der Waals surface area contributed by atoms with E-state index in [-0.39, 0.29) is 5.82 Å². The zero-order valence-corrected chi connectivity index (χ0v) is 14.3. The Labute approximate surface area is 139 Å². The summed E-state index contributed by atoms with van der Waals surface area (Å²) in [6, 6.07) is 6.78. The van der Waals surface area contributed by atoms with Gasteiger partial charge in [-0.05, 0) is 44.5 Å². The number of nitrogens with zero attached hydrogens (tertiary/aromatic N) is 2. The molecule has 130 valence electrons. The zero-order chi connectivity index (χ0) is 16.5. The summed E-state index contributed by atoms with van der Waals surface area (Å²) in [5.74, 6) is 0.508. The van der Waals surface area contributed by atoms with Gasteiger partial charge in [0.05, 0.1) is 13.2 Å². The van der Waals surface area contributed by atoms with Crippen molar-refractivity contribution in [3.8, 4) is 5.75 Å². The Morgan fingerprint density at radius 2 is 1.91 bits per heavy atom. The summed E-state index contributed by atoms with van der Waals surface area (Å²) in [6.45, 7) is 12.0. The fraction of sp³-hybridized carbons (Fsp3) is 0.667. The van der Waals surface area contributed by atoms with Crippen LogP contribution in [-0.4, -0.2) is 68.4 Å². The molecular formula is C18H29FN2O2. The molecule has 1 fully saturated rings. The Kier molecular flexibility index (Phi) is 7.79. The van der Waals surface area contributed by atoms with Crippen LogP contribution in [0.1, 0.15) is 20.3 Å². The topological polar surface area (TPSA) is 24.9 Å². The number of ether oxygens (including phenoxy) is 2. The first-order chi connectivity index (χ1) is 11.2. The third-order valence-corrected chi connectivity index (χ3v) is 4.28. The smallest absolute Gasteiger partial charge is 0.123 e. The Balaban J connectivity index is 1.59. The third kappa shape index (κ3) is 6.45. The lowest BCUT2D eigenvalue weighted by Gasteiger charge is -2.39. The van der Waals surface area contributed by atoms with Crippen LogP contribution in [-0.2, 0) is 4.74 Å². The monoisotopic (exact) mass is 324 g/mol. The van der Waals surface area contributed by atoms with Crippen molar-refractivity contribution in [2.45, 2.75) is 26.3 Å². The maximum absolute atomic E-state index is 12.8. The van der Waals surface area contributed by atoms with Crippen molar-refractivity contribution in [3.05, 3.63) is 30.1 Å². The average molecular weight is 324 g/mol. The molecule has 1 unspecified atom stereocenters. The second-order valence-electron chi connectivity index (χ2n) is 6.04. The molecule has 0 aliphatic carbocycles. The highest BCUT2D eigenvalue weighted by molar-refractivity contribution is 5.21. The fourth-order valence-corrected chi connectivity index (χ4v) is 2.94. The summed E-state index contributed by atoms with van der Waals surface area (Å²) in [7, 11) is 0. The largest absolute Gasteiger partial charge is 0.494 e. The van der Waals surface area contributed by atoms with Crippen LogP contribution in [0.25, 0.3) is 0 Å². The van der Waals surface area contributed by atoms with Gasteiger partial charge in [0.25, 0.3) is 0 Å². The number of halogens is 1. The van der Waals surface area contributed by atoms with E-state index in [2.05, 4.69) is 16.7 Å². The fourth-order valence-electron chi connectivity index (χ4n) is 2.94. The van der Waals surface area contributed by atoms with E-state index in [9.17, 15) is 4.39 Å². The van der Waals surface area contributed by atoms with E-state index in [0.29, 0.717) is 12.6 Å². The van der Waals surface area contributed by atoms with Gasteiger partial charge >= 0.3 is 0 Å². The molecule has 0 N–H and O–H groups in total. The van der Waals surface area contributed by atoms with E-state index in [4.69, 9.17) is 9.47 Å². The SMILES string of the molecule is CCOCCN1CCN(CCCOc2ccc(F)cc2)CC1C. The molecular weight excluding hydrogens is 295 g/mol. The van der Waals surface area contributed by atoms with E-state index in [1.54, 1.807) is 12.1 Å². The minimum absolute atomic E-state index is 0.228. The Hall–Kier alpha value is -1.17. The van der Waals surface area contributed by atoms with Crippen molar-refractivity contribution in [2.75, 3.05) is 52.5 Å². The lowest BCUT2D eigenvalue weighted by Crippen LogP contribution is -2.52. The van der Waals surface area contributed by atoms with E-state index >= 15 is 0 Å². The van der Waals surface area contributed by atoms with Crippen LogP contribution >= 0.6 is 0 Å². The van der Waals surface area contributed by atoms with Gasteiger partial charge in [-0.15, -0.1) is 0 Å². The van der Waals surface area contributed by atoms with Crippen LogP contribution in [0.15, 0.2) is 24.3 Å². The predicted octanol–water partition coefficient (Wildman–Crippen LogP) is 2.64. The molecule has 0 bridgehead atoms. The maximum atomic E-state index is 12.8. The third-order valence-electron chi connectivity index (χ3n) is 4.28. The summed E-state index contributed by atoms with van der Waals surface area (Å²) in [6.07, 6.45) is 0.989. The highest BCUT2D eigenvalue weighted by Crippen LogP contribution is 2.12. The van der Waals surface area contributed by atoms with Gasteiger partial charge in [0.1, 0.15) is 11.6 Å². The number of hydrogen-bond donors (Lipinski definition) is 0. The van der Waals surface area contributed by atoms with Gasteiger partial charge in [0.2, 0.25) is 0 Å². The van der Waals surface area contributed by atoms with Crippen molar-refractivity contribution in [2.24, 2.45) is 0 Å². The quantitative estimate of drug-likeness (QED) is 0.652. The second kappa shape index (κ2) is 9.85. The minimum Gasteiger partial charge on any atom is -0.494 e. The van der Waals surface area contributed by atoms with Gasteiger partial charge in [-0.25, -0.2) is 4.39 Å². The summed E-state index contributed by atoms with van der Waals surface area (Å²) in [4.78, 5) is 5.00. The normalized spacial score (nSPS) is 19.9. The van der Waals surface area contributed by atoms with Gasteiger partial charge in [-0.1, -0.05) is 0 Å². The van der Waals surface area contributed by atoms with Crippen LogP contribution in [0.3, 0.4) is 0 Å². The lowest BCUT2D eigenvalue weighted by atomic mass is 10.2. The Morgan fingerprint density at radius 1 is 1.13 bits per heavy atom. The molecule has 4 nitrogen and oxygen atoms in total. The van der Waals surface area contributed by atoms with Crippen molar-refractivity contribution < 1.29 is 13.9 Å². The van der Waals surface area contributed by atoms with Gasteiger partial charge in [-0.2, -0.15) is 0 Å². The Bertz CT molecular complexity index is 441. The number of piperazine rings is 1. The number of rotatable bonds is 9. The molecule has 0 amide bonds. The molecule has 1 heterocycles. The maximum Gasteiger partial charge on any atom is 0.123 e. The lowest BCUT2D eigenvalue weighted by molar-refractivity contribution is 0.0477. The van der Waals surface area contributed by atoms with Gasteiger partial charge in [0, 0.05) is 45.4 Å². The van der Waals surface area contributed by atoms with Crippen LogP contribution < -0.4 is 4.74 Å². The zero-order valence-electron chi connectivity index (χ0n) is 14.3. The molecule has 0 spiro atoms. The first kappa shape index (κ1) is 18.2. The predicted molar refractivity (Wildman–Crippen MR) is 90.5 cm³/mol. The summed E-state index contributed by atoms with van der Waals surface area (Å²) in [5.41, 5.74) is 0. The van der Waals surface area contributed by atoms with Crippen molar-refractivity contribution in [3.63, 3.8) is 0 Å². The Morgan fingerprint density at radius 3 is 2.61 bits per heavy atom. The van der Waals surface area contributed by atoms with Gasteiger partial charge in [0.15, 0.2) is 0 Å². The molecule has 1 atom stereocenters. The molecule has 23 heavy (non-hydrogen) atoms. The standard InChI is InChI=1S/C18H29FN2O2/c1-3-22-14-12-21-11-10-20(15-16(21)2)9-4-13-23-18-7-5-17(19)6-8-18/h5-8,16H,3-4,9-15H2,1-2H3. The summed E-state index contributed by atoms with van der Waals surface area (Å²) in [5, 5.41) is 0. The molecule has 0 saturated carbocycles. The van der Waals surface area contributed by atoms with Crippen LogP contribution in [0.5, 0.6) is 5.75 Å². The molecule has 1 aliphatic rings. The van der Waals surface area contributed by atoms with E-state index in [0.717, 1.165) is 58.1 Å². The molecule has 1 saturated heterocycles. The number of benzene rings is 1. The van der Waals surface area contributed by atoms with Crippen molar-refractivity contribution >= 4 is 0 Å². The van der Waals surface area contributed by atoms with E-state index in [1.165, 1.54) is 12.1 Å². The second-order valence-corrected chi connectivity index (χ2v) is 6.04. The highest BCUT2D eigenvalue weighted by Gasteiger charge is 2.22. The highest BCUT2D eigenvalue weighted by atomic mass is 19.1. The average Bonchev–Trinajstić information content (AvgIpc) is 2.55. The molecule has 1 aliphatic heterocycles. The van der Waals surface area contributed by atoms with Crippen molar-refractivity contribution in [1.82, 2.24) is 9.80 Å². The summed E-state index contributed by atoms with van der Waals surface area (Å²) < 4.78 is 23.9.